The molecule has 0 fully saturated rings. The number of anilines is 2. The van der Waals surface area contributed by atoms with Crippen molar-refractivity contribution in [3.8, 4) is 5.75 Å². The van der Waals surface area contributed by atoms with Gasteiger partial charge in [0.2, 0.25) is 0 Å². The Kier molecular flexibility index (Phi) is 5.12. The number of hydrogen-bond donors (Lipinski definition) is 1. The summed E-state index contributed by atoms with van der Waals surface area (Å²) in [7, 11) is 0. The largest absolute Gasteiger partial charge is 0.493 e. The summed E-state index contributed by atoms with van der Waals surface area (Å²) in [5.41, 5.74) is 3.17. The fourth-order valence-corrected chi connectivity index (χ4v) is 4.03. The zero-order valence-corrected chi connectivity index (χ0v) is 16.3. The summed E-state index contributed by atoms with van der Waals surface area (Å²) in [6.07, 6.45) is 0.770. The van der Waals surface area contributed by atoms with Gasteiger partial charge < -0.3 is 15.0 Å². The lowest BCUT2D eigenvalue weighted by Gasteiger charge is -2.17. The molecule has 0 aliphatic carbocycles. The molecule has 2 aromatic carbocycles. The van der Waals surface area contributed by atoms with Crippen molar-refractivity contribution in [3.05, 3.63) is 76.0 Å². The molecule has 142 valence electrons. The quantitative estimate of drug-likeness (QED) is 0.690. The van der Waals surface area contributed by atoms with E-state index < -0.39 is 0 Å². The molecule has 2 heterocycles. The van der Waals surface area contributed by atoms with E-state index in [2.05, 4.69) is 5.32 Å². The number of thiophene rings is 1. The smallest absolute Gasteiger partial charge is 0.268 e. The molecule has 0 saturated carbocycles. The molecule has 0 spiro atoms. The lowest BCUT2D eigenvalue weighted by molar-refractivity contribution is 0.0990. The molecule has 6 heteroatoms. The molecule has 1 N–H and O–H groups in total. The molecule has 0 saturated heterocycles. The van der Waals surface area contributed by atoms with Gasteiger partial charge in [-0.1, -0.05) is 18.2 Å². The van der Waals surface area contributed by atoms with Crippen molar-refractivity contribution in [1.29, 1.82) is 0 Å². The van der Waals surface area contributed by atoms with Crippen LogP contribution in [0.25, 0.3) is 0 Å². The molecule has 0 unspecified atom stereocenters. The van der Waals surface area contributed by atoms with E-state index in [4.69, 9.17) is 4.74 Å². The van der Waals surface area contributed by atoms with Gasteiger partial charge in [0.1, 0.15) is 5.75 Å². The molecule has 0 atom stereocenters. The molecular formula is C22H20N2O3S. The normalized spacial score (nSPS) is 12.5. The predicted molar refractivity (Wildman–Crippen MR) is 112 cm³/mol. The van der Waals surface area contributed by atoms with Crippen molar-refractivity contribution in [2.24, 2.45) is 0 Å². The summed E-state index contributed by atoms with van der Waals surface area (Å²) in [5, 5.41) is 4.84. The number of nitrogens with one attached hydrogen (secondary N) is 1. The first-order valence-corrected chi connectivity index (χ1v) is 10.1. The number of rotatable bonds is 5. The monoisotopic (exact) mass is 392 g/mol. The maximum absolute atomic E-state index is 12.7. The molecule has 1 aromatic heterocycles. The summed E-state index contributed by atoms with van der Waals surface area (Å²) in [4.78, 5) is 27.9. The zero-order valence-electron chi connectivity index (χ0n) is 15.5. The van der Waals surface area contributed by atoms with Gasteiger partial charge >= 0.3 is 0 Å². The van der Waals surface area contributed by atoms with Crippen LogP contribution in [-0.2, 0) is 6.42 Å². The molecule has 0 radical (unpaired) electrons. The number of para-hydroxylation sites is 1. The van der Waals surface area contributed by atoms with Gasteiger partial charge in [0.25, 0.3) is 11.8 Å². The first kappa shape index (κ1) is 18.3. The van der Waals surface area contributed by atoms with Gasteiger partial charge in [-0.15, -0.1) is 11.3 Å². The zero-order chi connectivity index (χ0) is 19.5. The van der Waals surface area contributed by atoms with Crippen molar-refractivity contribution >= 4 is 34.5 Å². The Morgan fingerprint density at radius 2 is 2.00 bits per heavy atom. The number of amides is 2. The van der Waals surface area contributed by atoms with Crippen molar-refractivity contribution in [3.63, 3.8) is 0 Å². The van der Waals surface area contributed by atoms with E-state index in [1.165, 1.54) is 11.3 Å². The van der Waals surface area contributed by atoms with Gasteiger partial charge in [0.15, 0.2) is 0 Å². The second kappa shape index (κ2) is 7.86. The second-order valence-electron chi connectivity index (χ2n) is 6.41. The maximum Gasteiger partial charge on any atom is 0.268 e. The molecule has 1 aliphatic rings. The summed E-state index contributed by atoms with van der Waals surface area (Å²) in [5.74, 6) is 0.376. The van der Waals surface area contributed by atoms with Crippen molar-refractivity contribution < 1.29 is 14.3 Å². The summed E-state index contributed by atoms with van der Waals surface area (Å²) in [6.45, 7) is 3.03. The molecule has 0 bridgehead atoms. The van der Waals surface area contributed by atoms with Crippen LogP contribution in [0.3, 0.4) is 0 Å². The Morgan fingerprint density at radius 1 is 1.14 bits per heavy atom. The first-order valence-electron chi connectivity index (χ1n) is 9.19. The Balaban J connectivity index is 1.53. The highest BCUT2D eigenvalue weighted by Gasteiger charge is 2.26. The number of ether oxygens (including phenoxy) is 1. The van der Waals surface area contributed by atoms with Crippen LogP contribution in [0.15, 0.2) is 60.0 Å². The number of nitrogens with zero attached hydrogens (tertiary/aromatic N) is 1. The van der Waals surface area contributed by atoms with E-state index in [0.717, 1.165) is 22.5 Å². The topological polar surface area (TPSA) is 58.6 Å². The highest BCUT2D eigenvalue weighted by Crippen LogP contribution is 2.32. The van der Waals surface area contributed by atoms with E-state index in [0.29, 0.717) is 30.2 Å². The predicted octanol–water partition coefficient (Wildman–Crippen LogP) is 4.60. The maximum atomic E-state index is 12.7. The fraction of sp³-hybridized carbons (Fsp3) is 0.182. The molecule has 4 rings (SSSR count). The van der Waals surface area contributed by atoms with Crippen molar-refractivity contribution in [2.75, 3.05) is 23.4 Å². The van der Waals surface area contributed by atoms with E-state index in [1.54, 1.807) is 17.0 Å². The average molecular weight is 392 g/mol. The molecule has 3 aromatic rings. The molecule has 28 heavy (non-hydrogen) atoms. The summed E-state index contributed by atoms with van der Waals surface area (Å²) < 4.78 is 5.54. The number of carbonyl (C=O) groups excluding carboxylic acids is 2. The molecule has 5 nitrogen and oxygen atoms in total. The van der Waals surface area contributed by atoms with E-state index in [-0.39, 0.29) is 11.8 Å². The third-order valence-corrected chi connectivity index (χ3v) is 5.50. The van der Waals surface area contributed by atoms with Gasteiger partial charge in [-0.25, -0.2) is 0 Å². The standard InChI is InChI=1S/C22H20N2O3S/c1-2-27-19-7-4-3-6-17(19)21(25)23-16-9-10-18-15(14-16)11-12-24(18)22(26)20-8-5-13-28-20/h3-10,13-14H,2,11-12H2,1H3,(H,23,25). The Morgan fingerprint density at radius 3 is 2.79 bits per heavy atom. The highest BCUT2D eigenvalue weighted by molar-refractivity contribution is 7.12. The Labute approximate surface area is 167 Å². The van der Waals surface area contributed by atoms with Gasteiger partial charge in [0, 0.05) is 17.9 Å². The lowest BCUT2D eigenvalue weighted by Crippen LogP contribution is -2.28. The number of fused-ring (bicyclic) bond motifs is 1. The van der Waals surface area contributed by atoms with Crippen LogP contribution in [0, 0.1) is 0 Å². The minimum Gasteiger partial charge on any atom is -0.493 e. The minimum absolute atomic E-state index is 0.0242. The fourth-order valence-electron chi connectivity index (χ4n) is 3.36. The van der Waals surface area contributed by atoms with Gasteiger partial charge in [-0.2, -0.15) is 0 Å². The first-order chi connectivity index (χ1) is 13.7. The molecule has 1 aliphatic heterocycles. The summed E-state index contributed by atoms with van der Waals surface area (Å²) in [6, 6.07) is 16.6. The van der Waals surface area contributed by atoms with Gasteiger partial charge in [-0.05, 0) is 60.7 Å². The second-order valence-corrected chi connectivity index (χ2v) is 7.36. The average Bonchev–Trinajstić information content (AvgIpc) is 3.38. The minimum atomic E-state index is -0.214. The van der Waals surface area contributed by atoms with Crippen LogP contribution in [0.5, 0.6) is 5.75 Å². The van der Waals surface area contributed by atoms with Gasteiger partial charge in [-0.3, -0.25) is 9.59 Å². The SMILES string of the molecule is CCOc1ccccc1C(=O)Nc1ccc2c(c1)CCN2C(=O)c1cccs1. The lowest BCUT2D eigenvalue weighted by atomic mass is 10.1. The van der Waals surface area contributed by atoms with E-state index in [1.807, 2.05) is 54.8 Å². The van der Waals surface area contributed by atoms with E-state index in [9.17, 15) is 9.59 Å². The van der Waals surface area contributed by atoms with Crippen LogP contribution in [0.4, 0.5) is 11.4 Å². The third-order valence-electron chi connectivity index (χ3n) is 4.64. The third kappa shape index (κ3) is 3.51. The number of carbonyl (C=O) groups is 2. The van der Waals surface area contributed by atoms with Crippen molar-refractivity contribution in [2.45, 2.75) is 13.3 Å². The Hall–Kier alpha value is -3.12. The molecule has 2 amide bonds. The van der Waals surface area contributed by atoms with Crippen LogP contribution in [-0.4, -0.2) is 25.0 Å². The van der Waals surface area contributed by atoms with Crippen LogP contribution in [0.1, 0.15) is 32.5 Å². The highest BCUT2D eigenvalue weighted by atomic mass is 32.1. The number of hydrogen-bond acceptors (Lipinski definition) is 4. The van der Waals surface area contributed by atoms with Crippen LogP contribution in [0.2, 0.25) is 0 Å². The summed E-state index contributed by atoms with van der Waals surface area (Å²) >= 11 is 1.45. The van der Waals surface area contributed by atoms with E-state index >= 15 is 0 Å². The van der Waals surface area contributed by atoms with Gasteiger partial charge in [0.05, 0.1) is 17.0 Å². The van der Waals surface area contributed by atoms with Crippen molar-refractivity contribution in [1.82, 2.24) is 0 Å². The van der Waals surface area contributed by atoms with Crippen LogP contribution >= 0.6 is 11.3 Å². The van der Waals surface area contributed by atoms with Crippen LogP contribution < -0.4 is 15.0 Å². The molecular weight excluding hydrogens is 372 g/mol. The number of benzene rings is 2. The Bertz CT molecular complexity index is 1010.